The van der Waals surface area contributed by atoms with Crippen LogP contribution in [0.1, 0.15) is 15.9 Å². The number of non-ortho nitro benzene ring substituents is 1. The summed E-state index contributed by atoms with van der Waals surface area (Å²) in [6, 6.07) is 9.83. The molecule has 0 aliphatic rings. The molecule has 0 saturated heterocycles. The lowest BCUT2D eigenvalue weighted by Gasteiger charge is -2.08. The number of benzene rings is 2. The van der Waals surface area contributed by atoms with Crippen LogP contribution in [0.5, 0.6) is 0 Å². The second-order valence-electron chi connectivity index (χ2n) is 5.60. The third kappa shape index (κ3) is 4.12. The normalized spacial score (nSPS) is 10.4. The molecule has 0 spiro atoms. The van der Waals surface area contributed by atoms with Crippen molar-refractivity contribution in [2.75, 3.05) is 5.32 Å². The molecule has 1 heterocycles. The SMILES string of the molecule is O=C(Nc1ccc(Cn2ccnc2)cc1)c1ccc([N+](=O)[O-])cc1[N+](=O)[O-]. The number of nitrogens with zero attached hydrogens (tertiary/aromatic N) is 4. The van der Waals surface area contributed by atoms with E-state index < -0.39 is 27.1 Å². The summed E-state index contributed by atoms with van der Waals surface area (Å²) in [6.45, 7) is 0.613. The van der Waals surface area contributed by atoms with Crippen LogP contribution in [0.15, 0.2) is 61.2 Å². The van der Waals surface area contributed by atoms with E-state index in [1.807, 2.05) is 10.8 Å². The first-order valence-electron chi connectivity index (χ1n) is 7.73. The van der Waals surface area contributed by atoms with Gasteiger partial charge < -0.3 is 9.88 Å². The number of amides is 1. The van der Waals surface area contributed by atoms with E-state index in [0.29, 0.717) is 12.2 Å². The second-order valence-corrected chi connectivity index (χ2v) is 5.60. The lowest BCUT2D eigenvalue weighted by Crippen LogP contribution is -2.14. The van der Waals surface area contributed by atoms with Gasteiger partial charge in [-0.25, -0.2) is 4.98 Å². The van der Waals surface area contributed by atoms with Crippen molar-refractivity contribution in [3.63, 3.8) is 0 Å². The number of nitro groups is 2. The molecule has 0 unspecified atom stereocenters. The van der Waals surface area contributed by atoms with E-state index in [1.54, 1.807) is 36.8 Å². The Bertz CT molecular complexity index is 999. The van der Waals surface area contributed by atoms with E-state index in [1.165, 1.54) is 0 Å². The summed E-state index contributed by atoms with van der Waals surface area (Å²) in [5.74, 6) is -0.723. The first kappa shape index (κ1) is 17.7. The molecule has 3 aromatic rings. The number of nitrogens with one attached hydrogen (secondary N) is 1. The highest BCUT2D eigenvalue weighted by molar-refractivity contribution is 6.07. The summed E-state index contributed by atoms with van der Waals surface area (Å²) in [4.78, 5) is 36.7. The van der Waals surface area contributed by atoms with Gasteiger partial charge in [0.1, 0.15) is 5.56 Å². The van der Waals surface area contributed by atoms with Gasteiger partial charge in [0, 0.05) is 30.7 Å². The van der Waals surface area contributed by atoms with Crippen LogP contribution in [-0.4, -0.2) is 25.3 Å². The Labute approximate surface area is 152 Å². The summed E-state index contributed by atoms with van der Waals surface area (Å²) >= 11 is 0. The van der Waals surface area contributed by atoms with Crippen molar-refractivity contribution in [1.82, 2.24) is 9.55 Å². The van der Waals surface area contributed by atoms with Crippen LogP contribution in [0, 0.1) is 20.2 Å². The summed E-state index contributed by atoms with van der Waals surface area (Å²) in [6.07, 6.45) is 5.18. The standard InChI is InChI=1S/C17H13N5O5/c23-17(15-6-5-14(21(24)25)9-16(15)22(26)27)19-13-3-1-12(2-4-13)10-20-8-7-18-11-20/h1-9,11H,10H2,(H,19,23). The fourth-order valence-corrected chi connectivity index (χ4v) is 2.46. The molecule has 0 fully saturated rings. The minimum atomic E-state index is -0.823. The molecule has 0 atom stereocenters. The van der Waals surface area contributed by atoms with E-state index in [-0.39, 0.29) is 5.56 Å². The van der Waals surface area contributed by atoms with Gasteiger partial charge in [-0.1, -0.05) is 12.1 Å². The predicted octanol–water partition coefficient (Wildman–Crippen LogP) is 3.00. The van der Waals surface area contributed by atoms with E-state index in [2.05, 4.69) is 10.3 Å². The molecule has 0 aliphatic carbocycles. The first-order valence-corrected chi connectivity index (χ1v) is 7.73. The topological polar surface area (TPSA) is 133 Å². The highest BCUT2D eigenvalue weighted by Crippen LogP contribution is 2.25. The number of nitro benzene ring substituents is 2. The summed E-state index contributed by atoms with van der Waals surface area (Å²) in [5.41, 5.74) is 0.0861. The zero-order chi connectivity index (χ0) is 19.4. The van der Waals surface area contributed by atoms with Gasteiger partial charge >= 0.3 is 0 Å². The molecule has 1 aromatic heterocycles. The van der Waals surface area contributed by atoms with Gasteiger partial charge in [-0.2, -0.15) is 0 Å². The van der Waals surface area contributed by atoms with Gasteiger partial charge in [0.15, 0.2) is 0 Å². The third-order valence-corrected chi connectivity index (χ3v) is 3.77. The zero-order valence-electron chi connectivity index (χ0n) is 13.8. The minimum absolute atomic E-state index is 0.256. The lowest BCUT2D eigenvalue weighted by molar-refractivity contribution is -0.394. The molecule has 0 saturated carbocycles. The fraction of sp³-hybridized carbons (Fsp3) is 0.0588. The van der Waals surface area contributed by atoms with Crippen molar-refractivity contribution in [2.45, 2.75) is 6.54 Å². The Morgan fingerprint density at radius 1 is 1.07 bits per heavy atom. The summed E-state index contributed by atoms with van der Waals surface area (Å²) < 4.78 is 1.88. The van der Waals surface area contributed by atoms with Crippen LogP contribution < -0.4 is 5.32 Å². The summed E-state index contributed by atoms with van der Waals surface area (Å²) in [7, 11) is 0. The Kier molecular flexibility index (Phi) is 4.88. The van der Waals surface area contributed by atoms with Crippen LogP contribution in [0.2, 0.25) is 0 Å². The van der Waals surface area contributed by atoms with Crippen LogP contribution in [0.25, 0.3) is 0 Å². The van der Waals surface area contributed by atoms with Crippen molar-refractivity contribution in [2.24, 2.45) is 0 Å². The maximum absolute atomic E-state index is 12.4. The number of carbonyl (C=O) groups is 1. The maximum atomic E-state index is 12.4. The Balaban J connectivity index is 1.77. The van der Waals surface area contributed by atoms with Gasteiger partial charge in [-0.3, -0.25) is 25.0 Å². The van der Waals surface area contributed by atoms with Crippen molar-refractivity contribution in [3.05, 3.63) is 92.5 Å². The molecule has 136 valence electrons. The Hall–Kier alpha value is -4.08. The van der Waals surface area contributed by atoms with Gasteiger partial charge in [-0.15, -0.1) is 0 Å². The molecule has 1 N–H and O–H groups in total. The number of hydrogen-bond donors (Lipinski definition) is 1. The Morgan fingerprint density at radius 2 is 1.81 bits per heavy atom. The van der Waals surface area contributed by atoms with Crippen molar-refractivity contribution < 1.29 is 14.6 Å². The highest BCUT2D eigenvalue weighted by Gasteiger charge is 2.24. The van der Waals surface area contributed by atoms with Crippen LogP contribution in [0.4, 0.5) is 17.1 Å². The molecule has 10 nitrogen and oxygen atoms in total. The average molecular weight is 367 g/mol. The maximum Gasteiger partial charge on any atom is 0.289 e. The molecule has 1 amide bonds. The molecule has 0 radical (unpaired) electrons. The van der Waals surface area contributed by atoms with Crippen LogP contribution in [-0.2, 0) is 6.54 Å². The largest absolute Gasteiger partial charge is 0.333 e. The number of imidazole rings is 1. The van der Waals surface area contributed by atoms with Crippen molar-refractivity contribution in [3.8, 4) is 0 Å². The number of rotatable bonds is 6. The molecular weight excluding hydrogens is 354 g/mol. The van der Waals surface area contributed by atoms with Crippen molar-refractivity contribution in [1.29, 1.82) is 0 Å². The molecule has 3 rings (SSSR count). The number of aromatic nitrogens is 2. The van der Waals surface area contributed by atoms with E-state index in [9.17, 15) is 25.0 Å². The van der Waals surface area contributed by atoms with Gasteiger partial charge in [0.05, 0.1) is 22.2 Å². The van der Waals surface area contributed by atoms with Crippen LogP contribution in [0.3, 0.4) is 0 Å². The van der Waals surface area contributed by atoms with Gasteiger partial charge in [0.2, 0.25) is 0 Å². The Morgan fingerprint density at radius 3 is 2.41 bits per heavy atom. The highest BCUT2D eigenvalue weighted by atomic mass is 16.6. The lowest BCUT2D eigenvalue weighted by atomic mass is 10.1. The third-order valence-electron chi connectivity index (χ3n) is 3.77. The van der Waals surface area contributed by atoms with Crippen molar-refractivity contribution >= 4 is 23.0 Å². The first-order chi connectivity index (χ1) is 12.9. The number of anilines is 1. The predicted molar refractivity (Wildman–Crippen MR) is 95.5 cm³/mol. The second kappa shape index (κ2) is 7.44. The number of hydrogen-bond acceptors (Lipinski definition) is 6. The molecule has 0 aliphatic heterocycles. The molecule has 0 bridgehead atoms. The van der Waals surface area contributed by atoms with E-state index in [0.717, 1.165) is 23.8 Å². The average Bonchev–Trinajstić information content (AvgIpc) is 3.15. The molecule has 2 aromatic carbocycles. The number of carbonyl (C=O) groups excluding carboxylic acids is 1. The molecule has 10 heteroatoms. The summed E-state index contributed by atoms with van der Waals surface area (Å²) in [5, 5.41) is 24.5. The quantitative estimate of drug-likeness (QED) is 0.526. The fourth-order valence-electron chi connectivity index (χ4n) is 2.46. The van der Waals surface area contributed by atoms with Gasteiger partial charge in [-0.05, 0) is 23.8 Å². The van der Waals surface area contributed by atoms with Gasteiger partial charge in [0.25, 0.3) is 17.3 Å². The van der Waals surface area contributed by atoms with Crippen LogP contribution >= 0.6 is 0 Å². The minimum Gasteiger partial charge on any atom is -0.333 e. The monoisotopic (exact) mass is 367 g/mol. The molecule has 27 heavy (non-hydrogen) atoms. The van der Waals surface area contributed by atoms with E-state index in [4.69, 9.17) is 0 Å². The molecular formula is C17H13N5O5. The zero-order valence-corrected chi connectivity index (χ0v) is 13.8. The van der Waals surface area contributed by atoms with E-state index >= 15 is 0 Å². The smallest absolute Gasteiger partial charge is 0.289 e.